The Kier molecular flexibility index (Phi) is 10.6. The van der Waals surface area contributed by atoms with Crippen LogP contribution in [0.15, 0.2) is 23.3 Å². The first-order chi connectivity index (χ1) is 12.5. The van der Waals surface area contributed by atoms with Crippen LogP contribution in [0.4, 0.5) is 0 Å². The number of rotatable bonds is 6. The van der Waals surface area contributed by atoms with Crippen molar-refractivity contribution in [3.05, 3.63) is 29.6 Å². The van der Waals surface area contributed by atoms with Gasteiger partial charge < -0.3 is 15.5 Å². The summed E-state index contributed by atoms with van der Waals surface area (Å²) in [6.45, 7) is 10.8. The molecule has 0 aliphatic carbocycles. The minimum Gasteiger partial charge on any atom is -0.356 e. The van der Waals surface area contributed by atoms with Crippen LogP contribution in [-0.2, 0) is 11.2 Å². The summed E-state index contributed by atoms with van der Waals surface area (Å²) in [5.74, 6) is 1.03. The Labute approximate surface area is 180 Å². The Bertz CT molecular complexity index is 597. The van der Waals surface area contributed by atoms with Crippen molar-refractivity contribution in [1.82, 2.24) is 25.4 Å². The van der Waals surface area contributed by atoms with Crippen LogP contribution in [-0.4, -0.2) is 79.0 Å². The van der Waals surface area contributed by atoms with E-state index in [0.29, 0.717) is 6.54 Å². The third kappa shape index (κ3) is 8.42. The van der Waals surface area contributed by atoms with Crippen LogP contribution >= 0.6 is 24.0 Å². The van der Waals surface area contributed by atoms with Crippen LogP contribution in [0.5, 0.6) is 0 Å². The monoisotopic (exact) mass is 488 g/mol. The molecule has 1 amide bonds. The molecule has 0 unspecified atom stereocenters. The maximum Gasteiger partial charge on any atom is 0.234 e. The summed E-state index contributed by atoms with van der Waals surface area (Å²) in [6, 6.07) is 4.35. The van der Waals surface area contributed by atoms with Crippen LogP contribution in [0.2, 0.25) is 0 Å². The van der Waals surface area contributed by atoms with Crippen molar-refractivity contribution >= 4 is 35.8 Å². The summed E-state index contributed by atoms with van der Waals surface area (Å²) in [7, 11) is 1.82. The Morgan fingerprint density at radius 3 is 2.52 bits per heavy atom. The van der Waals surface area contributed by atoms with Crippen LogP contribution in [0, 0.1) is 6.92 Å². The van der Waals surface area contributed by atoms with Gasteiger partial charge in [0.1, 0.15) is 0 Å². The van der Waals surface area contributed by atoms with Gasteiger partial charge in [-0.3, -0.25) is 19.7 Å². The summed E-state index contributed by atoms with van der Waals surface area (Å²) in [6.07, 6.45) is 2.85. The van der Waals surface area contributed by atoms with Crippen molar-refractivity contribution < 1.29 is 4.79 Å². The molecule has 2 N–H and O–H groups in total. The summed E-state index contributed by atoms with van der Waals surface area (Å²) in [5.41, 5.74) is 2.26. The lowest BCUT2D eigenvalue weighted by Crippen LogP contribution is -2.54. The van der Waals surface area contributed by atoms with Gasteiger partial charge in [-0.1, -0.05) is 6.07 Å². The van der Waals surface area contributed by atoms with Crippen molar-refractivity contribution in [3.8, 4) is 0 Å². The number of halogens is 1. The number of guanidine groups is 1. The fraction of sp³-hybridized carbons (Fsp3) is 0.632. The number of nitrogens with one attached hydrogen (secondary N) is 2. The molecule has 8 heteroatoms. The summed E-state index contributed by atoms with van der Waals surface area (Å²) in [4.78, 5) is 25.1. The first-order valence-corrected chi connectivity index (χ1v) is 9.36. The zero-order valence-corrected chi connectivity index (χ0v) is 19.2. The largest absolute Gasteiger partial charge is 0.356 e. The van der Waals surface area contributed by atoms with Crippen molar-refractivity contribution in [2.75, 3.05) is 46.3 Å². The first kappa shape index (κ1) is 23.6. The zero-order chi connectivity index (χ0) is 18.9. The summed E-state index contributed by atoms with van der Waals surface area (Å²) < 4.78 is 0. The fourth-order valence-electron chi connectivity index (χ4n) is 2.99. The van der Waals surface area contributed by atoms with Gasteiger partial charge >= 0.3 is 0 Å². The topological polar surface area (TPSA) is 72.9 Å². The van der Waals surface area contributed by atoms with Crippen LogP contribution < -0.4 is 10.6 Å². The van der Waals surface area contributed by atoms with E-state index in [1.807, 2.05) is 40.1 Å². The second-order valence-corrected chi connectivity index (χ2v) is 7.02. The number of amides is 1. The van der Waals surface area contributed by atoms with E-state index in [-0.39, 0.29) is 35.9 Å². The number of nitrogens with zero attached hydrogens (tertiary/aromatic N) is 4. The minimum atomic E-state index is 0. The number of carbonyl (C=O) groups is 1. The molecular formula is C19H33IN6O. The molecule has 0 spiro atoms. The SMILES string of the molecule is CN=C(NCCc1ccc(C)nc1)N1CCN(CC(=O)NC(C)C)CC1.I. The second-order valence-electron chi connectivity index (χ2n) is 7.02. The van der Waals surface area contributed by atoms with Crippen LogP contribution in [0.25, 0.3) is 0 Å². The number of hydrogen-bond donors (Lipinski definition) is 2. The molecule has 2 heterocycles. The average molecular weight is 488 g/mol. The molecule has 27 heavy (non-hydrogen) atoms. The second kappa shape index (κ2) is 12.1. The fourth-order valence-corrected chi connectivity index (χ4v) is 2.99. The molecule has 0 bridgehead atoms. The molecule has 0 aromatic carbocycles. The number of pyridine rings is 1. The lowest BCUT2D eigenvalue weighted by Gasteiger charge is -2.36. The van der Waals surface area contributed by atoms with Gasteiger partial charge in [-0.2, -0.15) is 0 Å². The van der Waals surface area contributed by atoms with E-state index in [4.69, 9.17) is 0 Å². The molecule has 0 radical (unpaired) electrons. The highest BCUT2D eigenvalue weighted by atomic mass is 127. The highest BCUT2D eigenvalue weighted by molar-refractivity contribution is 14.0. The molecule has 2 rings (SSSR count). The standard InChI is InChI=1S/C19H32N6O.HI/c1-15(2)23-18(26)14-24-9-11-25(12-10-24)19(20-4)21-8-7-17-6-5-16(3)22-13-17;/h5-6,13,15H,7-12,14H2,1-4H3,(H,20,21)(H,23,26);1H. The lowest BCUT2D eigenvalue weighted by atomic mass is 10.2. The molecule has 1 aliphatic rings. The molecule has 1 fully saturated rings. The number of aliphatic imine (C=N–C) groups is 1. The maximum atomic E-state index is 11.9. The molecule has 152 valence electrons. The first-order valence-electron chi connectivity index (χ1n) is 9.36. The van der Waals surface area contributed by atoms with E-state index in [2.05, 4.69) is 36.5 Å². The zero-order valence-electron chi connectivity index (χ0n) is 16.9. The molecule has 7 nitrogen and oxygen atoms in total. The number of piperazine rings is 1. The third-order valence-electron chi connectivity index (χ3n) is 4.37. The average Bonchev–Trinajstić information content (AvgIpc) is 2.60. The van der Waals surface area contributed by atoms with Crippen LogP contribution in [0.3, 0.4) is 0 Å². The predicted octanol–water partition coefficient (Wildman–Crippen LogP) is 1.27. The highest BCUT2D eigenvalue weighted by Crippen LogP contribution is 2.03. The third-order valence-corrected chi connectivity index (χ3v) is 4.37. The van der Waals surface area contributed by atoms with E-state index < -0.39 is 0 Å². The molecular weight excluding hydrogens is 455 g/mol. The number of hydrogen-bond acceptors (Lipinski definition) is 4. The van der Waals surface area contributed by atoms with Crippen molar-refractivity contribution in [2.24, 2.45) is 4.99 Å². The normalized spacial score (nSPS) is 15.4. The summed E-state index contributed by atoms with van der Waals surface area (Å²) >= 11 is 0. The summed E-state index contributed by atoms with van der Waals surface area (Å²) in [5, 5.41) is 6.38. The van der Waals surface area contributed by atoms with Gasteiger partial charge in [-0.25, -0.2) is 0 Å². The number of aromatic nitrogens is 1. The van der Waals surface area contributed by atoms with Gasteiger partial charge in [0.15, 0.2) is 5.96 Å². The highest BCUT2D eigenvalue weighted by Gasteiger charge is 2.21. The molecule has 1 aromatic heterocycles. The predicted molar refractivity (Wildman–Crippen MR) is 121 cm³/mol. The number of carbonyl (C=O) groups excluding carboxylic acids is 1. The van der Waals surface area contributed by atoms with Gasteiger partial charge in [0.2, 0.25) is 5.91 Å². The van der Waals surface area contributed by atoms with E-state index in [1.165, 1.54) is 5.56 Å². The Morgan fingerprint density at radius 1 is 1.26 bits per heavy atom. The van der Waals surface area contributed by atoms with E-state index >= 15 is 0 Å². The van der Waals surface area contributed by atoms with Crippen LogP contribution in [0.1, 0.15) is 25.1 Å². The van der Waals surface area contributed by atoms with Crippen molar-refractivity contribution in [1.29, 1.82) is 0 Å². The molecule has 0 saturated carbocycles. The van der Waals surface area contributed by atoms with Gasteiger partial charge in [-0.15, -0.1) is 24.0 Å². The quantitative estimate of drug-likeness (QED) is 0.359. The molecule has 1 aliphatic heterocycles. The van der Waals surface area contributed by atoms with Gasteiger partial charge in [0, 0.05) is 57.7 Å². The minimum absolute atomic E-state index is 0. The molecule has 1 aromatic rings. The molecule has 0 atom stereocenters. The molecule has 1 saturated heterocycles. The van der Waals surface area contributed by atoms with E-state index in [1.54, 1.807) is 0 Å². The van der Waals surface area contributed by atoms with Crippen molar-refractivity contribution in [3.63, 3.8) is 0 Å². The Balaban J connectivity index is 0.00000364. The van der Waals surface area contributed by atoms with E-state index in [0.717, 1.165) is 50.8 Å². The smallest absolute Gasteiger partial charge is 0.234 e. The Morgan fingerprint density at radius 2 is 1.96 bits per heavy atom. The number of aryl methyl sites for hydroxylation is 1. The van der Waals surface area contributed by atoms with Crippen molar-refractivity contribution in [2.45, 2.75) is 33.2 Å². The van der Waals surface area contributed by atoms with Gasteiger partial charge in [-0.05, 0) is 38.8 Å². The van der Waals surface area contributed by atoms with E-state index in [9.17, 15) is 4.79 Å². The van der Waals surface area contributed by atoms with Gasteiger partial charge in [0.25, 0.3) is 0 Å². The Hall–Kier alpha value is -1.42. The lowest BCUT2D eigenvalue weighted by molar-refractivity contribution is -0.123. The van der Waals surface area contributed by atoms with Gasteiger partial charge in [0.05, 0.1) is 6.54 Å². The maximum absolute atomic E-state index is 11.9.